The number of Topliss-reactive ketones (excluding diaryl/α,β-unsaturated/α-hetero) is 1. The highest BCUT2D eigenvalue weighted by atomic mass is 16.1. The van der Waals surface area contributed by atoms with Gasteiger partial charge in [-0.1, -0.05) is 5.21 Å². The second-order valence-electron chi connectivity index (χ2n) is 6.64. The Morgan fingerprint density at radius 1 is 1.41 bits per heavy atom. The number of piperidine rings is 1. The van der Waals surface area contributed by atoms with Crippen molar-refractivity contribution < 1.29 is 4.79 Å². The van der Waals surface area contributed by atoms with Gasteiger partial charge in [-0.25, -0.2) is 4.68 Å². The van der Waals surface area contributed by atoms with Gasteiger partial charge >= 0.3 is 0 Å². The van der Waals surface area contributed by atoms with Crippen molar-refractivity contribution in [1.29, 1.82) is 0 Å². The topological polar surface area (TPSA) is 51.0 Å². The Balaban J connectivity index is 1.70. The number of likely N-dealkylation sites (tertiary alicyclic amines) is 1. The second-order valence-corrected chi connectivity index (χ2v) is 6.64. The first-order chi connectivity index (χ1) is 10.5. The van der Waals surface area contributed by atoms with E-state index in [0.717, 1.165) is 36.1 Å². The van der Waals surface area contributed by atoms with Gasteiger partial charge in [-0.05, 0) is 57.4 Å². The minimum Gasteiger partial charge on any atom is -0.301 e. The molecule has 3 rings (SSSR count). The molecule has 1 saturated heterocycles. The highest BCUT2D eigenvalue weighted by molar-refractivity contribution is 5.98. The first kappa shape index (κ1) is 15.2. The van der Waals surface area contributed by atoms with Gasteiger partial charge in [-0.3, -0.25) is 4.79 Å². The fourth-order valence-electron chi connectivity index (χ4n) is 3.33. The molecule has 0 saturated carbocycles. The standard InChI is InChI=1S/C17H24N4O/c1-12(2)21-8-4-5-13(11-21)9-17(22)14-6-7-16-15(10-14)18-19-20(16)3/h6-7,10,12-13H,4-5,8-9,11H2,1-3H3/t13-/m0/s1. The molecule has 0 amide bonds. The molecule has 0 aliphatic carbocycles. The summed E-state index contributed by atoms with van der Waals surface area (Å²) in [6.07, 6.45) is 2.98. The van der Waals surface area contributed by atoms with Crippen LogP contribution in [0.4, 0.5) is 0 Å². The van der Waals surface area contributed by atoms with E-state index in [1.165, 1.54) is 6.42 Å². The first-order valence-electron chi connectivity index (χ1n) is 8.11. The van der Waals surface area contributed by atoms with E-state index in [9.17, 15) is 4.79 Å². The molecular formula is C17H24N4O. The largest absolute Gasteiger partial charge is 0.301 e. The van der Waals surface area contributed by atoms with Crippen molar-refractivity contribution in [3.05, 3.63) is 23.8 Å². The van der Waals surface area contributed by atoms with Crippen molar-refractivity contribution in [2.45, 2.75) is 39.2 Å². The third-order valence-electron chi connectivity index (χ3n) is 4.69. The lowest BCUT2D eigenvalue weighted by molar-refractivity contribution is 0.0890. The van der Waals surface area contributed by atoms with Crippen LogP contribution >= 0.6 is 0 Å². The van der Waals surface area contributed by atoms with Crippen LogP contribution in [0.3, 0.4) is 0 Å². The summed E-state index contributed by atoms with van der Waals surface area (Å²) in [7, 11) is 1.86. The van der Waals surface area contributed by atoms with Gasteiger partial charge in [0, 0.05) is 31.6 Å². The maximum Gasteiger partial charge on any atom is 0.163 e. The Morgan fingerprint density at radius 3 is 3.00 bits per heavy atom. The van der Waals surface area contributed by atoms with E-state index in [0.29, 0.717) is 18.4 Å². The first-order valence-corrected chi connectivity index (χ1v) is 8.11. The molecule has 5 nitrogen and oxygen atoms in total. The van der Waals surface area contributed by atoms with E-state index in [1.807, 2.05) is 25.2 Å². The molecule has 1 fully saturated rings. The third-order valence-corrected chi connectivity index (χ3v) is 4.69. The average molecular weight is 300 g/mol. The molecular weight excluding hydrogens is 276 g/mol. The molecule has 22 heavy (non-hydrogen) atoms. The Kier molecular flexibility index (Phi) is 4.25. The third kappa shape index (κ3) is 3.04. The molecule has 0 spiro atoms. The van der Waals surface area contributed by atoms with Crippen molar-refractivity contribution >= 4 is 16.8 Å². The zero-order chi connectivity index (χ0) is 15.7. The molecule has 5 heteroatoms. The zero-order valence-corrected chi connectivity index (χ0v) is 13.6. The van der Waals surface area contributed by atoms with E-state index in [1.54, 1.807) is 4.68 Å². The van der Waals surface area contributed by atoms with Gasteiger partial charge in [0.2, 0.25) is 0 Å². The smallest absolute Gasteiger partial charge is 0.163 e. The van der Waals surface area contributed by atoms with Crippen molar-refractivity contribution in [2.75, 3.05) is 13.1 Å². The quantitative estimate of drug-likeness (QED) is 0.815. The predicted octanol–water partition coefficient (Wildman–Crippen LogP) is 2.66. The highest BCUT2D eigenvalue weighted by Gasteiger charge is 2.24. The van der Waals surface area contributed by atoms with Gasteiger partial charge in [0.05, 0.1) is 5.52 Å². The number of aryl methyl sites for hydroxylation is 1. The van der Waals surface area contributed by atoms with Crippen LogP contribution in [0.15, 0.2) is 18.2 Å². The second kappa shape index (κ2) is 6.16. The number of fused-ring (bicyclic) bond motifs is 1. The van der Waals surface area contributed by atoms with Crippen LogP contribution in [0, 0.1) is 5.92 Å². The number of hydrogen-bond acceptors (Lipinski definition) is 4. The minimum absolute atomic E-state index is 0.225. The minimum atomic E-state index is 0.225. The number of carbonyl (C=O) groups is 1. The number of rotatable bonds is 4. The van der Waals surface area contributed by atoms with E-state index in [-0.39, 0.29) is 5.78 Å². The lowest BCUT2D eigenvalue weighted by Gasteiger charge is -2.35. The van der Waals surface area contributed by atoms with Gasteiger partial charge in [0.15, 0.2) is 5.78 Å². The Labute approximate surface area is 131 Å². The van der Waals surface area contributed by atoms with Crippen LogP contribution in [0.2, 0.25) is 0 Å². The molecule has 1 aromatic carbocycles. The van der Waals surface area contributed by atoms with Crippen molar-refractivity contribution in [2.24, 2.45) is 13.0 Å². The van der Waals surface area contributed by atoms with Crippen LogP contribution in [0.1, 0.15) is 43.5 Å². The lowest BCUT2D eigenvalue weighted by atomic mass is 9.90. The summed E-state index contributed by atoms with van der Waals surface area (Å²) in [5.74, 6) is 0.698. The summed E-state index contributed by atoms with van der Waals surface area (Å²) in [4.78, 5) is 15.0. The van der Waals surface area contributed by atoms with Crippen LogP contribution in [-0.2, 0) is 7.05 Å². The lowest BCUT2D eigenvalue weighted by Crippen LogP contribution is -2.40. The van der Waals surface area contributed by atoms with E-state index >= 15 is 0 Å². The number of hydrogen-bond donors (Lipinski definition) is 0. The monoisotopic (exact) mass is 300 g/mol. The van der Waals surface area contributed by atoms with Gasteiger partial charge < -0.3 is 4.90 Å². The summed E-state index contributed by atoms with van der Waals surface area (Å²) >= 11 is 0. The number of aromatic nitrogens is 3. The molecule has 1 aliphatic rings. The average Bonchev–Trinajstić information content (AvgIpc) is 2.88. The number of carbonyl (C=O) groups excluding carboxylic acids is 1. The summed E-state index contributed by atoms with van der Waals surface area (Å²) in [6.45, 7) is 6.66. The van der Waals surface area contributed by atoms with E-state index in [2.05, 4.69) is 29.1 Å². The molecule has 1 aliphatic heterocycles. The zero-order valence-electron chi connectivity index (χ0n) is 13.6. The summed E-state index contributed by atoms with van der Waals surface area (Å²) in [5.41, 5.74) is 2.51. The number of nitrogens with zero attached hydrogens (tertiary/aromatic N) is 4. The molecule has 2 heterocycles. The molecule has 118 valence electrons. The number of benzene rings is 1. The van der Waals surface area contributed by atoms with Gasteiger partial charge in [-0.2, -0.15) is 0 Å². The summed E-state index contributed by atoms with van der Waals surface area (Å²) in [6, 6.07) is 6.27. The van der Waals surface area contributed by atoms with E-state index < -0.39 is 0 Å². The molecule has 1 atom stereocenters. The predicted molar refractivity (Wildman–Crippen MR) is 86.9 cm³/mol. The van der Waals surface area contributed by atoms with Crippen LogP contribution in [0.25, 0.3) is 11.0 Å². The Bertz CT molecular complexity index is 676. The van der Waals surface area contributed by atoms with Crippen molar-refractivity contribution in [1.82, 2.24) is 19.9 Å². The number of ketones is 1. The van der Waals surface area contributed by atoms with Crippen LogP contribution < -0.4 is 0 Å². The normalized spacial score (nSPS) is 19.9. The van der Waals surface area contributed by atoms with Crippen LogP contribution in [0.5, 0.6) is 0 Å². The van der Waals surface area contributed by atoms with E-state index in [4.69, 9.17) is 0 Å². The summed E-state index contributed by atoms with van der Waals surface area (Å²) < 4.78 is 1.73. The molecule has 0 unspecified atom stereocenters. The molecule has 1 aromatic heterocycles. The molecule has 0 radical (unpaired) electrons. The molecule has 0 N–H and O–H groups in total. The molecule has 2 aromatic rings. The Hall–Kier alpha value is -1.75. The molecule has 0 bridgehead atoms. The maximum absolute atomic E-state index is 12.6. The fourth-order valence-corrected chi connectivity index (χ4v) is 3.33. The summed E-state index contributed by atoms with van der Waals surface area (Å²) in [5, 5.41) is 8.09. The van der Waals surface area contributed by atoms with Crippen molar-refractivity contribution in [3.63, 3.8) is 0 Å². The SMILES string of the molecule is CC(C)N1CCC[C@@H](CC(=O)c2ccc3c(c2)nnn3C)C1. The van der Waals surface area contributed by atoms with Gasteiger partial charge in [0.25, 0.3) is 0 Å². The van der Waals surface area contributed by atoms with Crippen LogP contribution in [-0.4, -0.2) is 44.8 Å². The van der Waals surface area contributed by atoms with Crippen molar-refractivity contribution in [3.8, 4) is 0 Å². The van der Waals surface area contributed by atoms with Gasteiger partial charge in [0.1, 0.15) is 5.52 Å². The maximum atomic E-state index is 12.6. The van der Waals surface area contributed by atoms with Gasteiger partial charge in [-0.15, -0.1) is 5.10 Å². The Morgan fingerprint density at radius 2 is 2.23 bits per heavy atom. The highest BCUT2D eigenvalue weighted by Crippen LogP contribution is 2.23. The fraction of sp³-hybridized carbons (Fsp3) is 0.588.